The molecule has 0 N–H and O–H groups in total. The Morgan fingerprint density at radius 1 is 0.414 bits per heavy atom. The minimum Gasteiger partial charge on any atom is -0.456 e. The van der Waals surface area contributed by atoms with Gasteiger partial charge in [-0.15, -0.1) is 0 Å². The van der Waals surface area contributed by atoms with E-state index >= 15 is 0 Å². The van der Waals surface area contributed by atoms with Crippen molar-refractivity contribution in [2.75, 3.05) is 4.90 Å². The summed E-state index contributed by atoms with van der Waals surface area (Å²) in [5, 5.41) is 2.29. The molecule has 2 heteroatoms. The molecule has 1 heterocycles. The smallest absolute Gasteiger partial charge is 0.138 e. The quantitative estimate of drug-likeness (QED) is 0.178. The number of fused-ring (bicyclic) bond motifs is 9. The third-order valence-corrected chi connectivity index (χ3v) is 13.3. The molecule has 7 aromatic carbocycles. The maximum atomic E-state index is 6.84. The number of para-hydroxylation sites is 1. The topological polar surface area (TPSA) is 16.4 Å². The third-order valence-electron chi connectivity index (χ3n) is 13.3. The van der Waals surface area contributed by atoms with Crippen molar-refractivity contribution in [1.82, 2.24) is 0 Å². The molecule has 0 unspecified atom stereocenters. The highest BCUT2D eigenvalue weighted by molar-refractivity contribution is 6.14. The highest BCUT2D eigenvalue weighted by Gasteiger charge is 2.38. The van der Waals surface area contributed by atoms with E-state index in [9.17, 15) is 0 Å². The number of hydrogen-bond acceptors (Lipinski definition) is 2. The molecule has 10 rings (SSSR count). The van der Waals surface area contributed by atoms with Crippen molar-refractivity contribution in [3.05, 3.63) is 173 Å². The van der Waals surface area contributed by atoms with Gasteiger partial charge in [-0.05, 0) is 114 Å². The van der Waals surface area contributed by atoms with Crippen LogP contribution in [-0.4, -0.2) is 0 Å². The van der Waals surface area contributed by atoms with Gasteiger partial charge in [-0.2, -0.15) is 0 Å². The summed E-state index contributed by atoms with van der Waals surface area (Å²) < 4.78 is 6.84. The van der Waals surface area contributed by atoms with Gasteiger partial charge in [0.15, 0.2) is 0 Å². The lowest BCUT2D eigenvalue weighted by molar-refractivity contribution is 0.569. The van der Waals surface area contributed by atoms with Crippen LogP contribution in [0.5, 0.6) is 0 Å². The normalized spacial score (nSPS) is 15.0. The zero-order valence-electron chi connectivity index (χ0n) is 35.6. The first-order chi connectivity index (χ1) is 27.5. The summed E-state index contributed by atoms with van der Waals surface area (Å²) in [6.07, 6.45) is 0. The van der Waals surface area contributed by atoms with Gasteiger partial charge < -0.3 is 9.32 Å². The summed E-state index contributed by atoms with van der Waals surface area (Å²) in [4.78, 5) is 2.48. The van der Waals surface area contributed by atoms with Crippen molar-refractivity contribution in [3.63, 3.8) is 0 Å². The predicted molar refractivity (Wildman–Crippen MR) is 246 cm³/mol. The molecule has 2 aliphatic rings. The van der Waals surface area contributed by atoms with Crippen LogP contribution in [0.3, 0.4) is 0 Å². The van der Waals surface area contributed by atoms with E-state index in [0.29, 0.717) is 0 Å². The van der Waals surface area contributed by atoms with Crippen LogP contribution in [0.4, 0.5) is 17.1 Å². The molecule has 0 fully saturated rings. The Hall–Kier alpha value is -5.86. The van der Waals surface area contributed by atoms with Gasteiger partial charge in [0.05, 0.1) is 5.69 Å². The van der Waals surface area contributed by atoms with Gasteiger partial charge in [0.2, 0.25) is 0 Å². The number of benzene rings is 7. The molecule has 0 atom stereocenters. The van der Waals surface area contributed by atoms with Crippen molar-refractivity contribution >= 4 is 39.0 Å². The fraction of sp³-hybridized carbons (Fsp3) is 0.250. The Balaban J connectivity index is 1.27. The maximum Gasteiger partial charge on any atom is 0.138 e. The maximum absolute atomic E-state index is 6.84. The summed E-state index contributed by atoms with van der Waals surface area (Å²) in [6, 6.07) is 52.5. The first-order valence-electron chi connectivity index (χ1n) is 20.9. The molecule has 8 aromatic rings. The van der Waals surface area contributed by atoms with Gasteiger partial charge in [0.1, 0.15) is 11.2 Å². The van der Waals surface area contributed by atoms with E-state index in [0.717, 1.165) is 39.0 Å². The second-order valence-electron chi connectivity index (χ2n) is 19.9. The van der Waals surface area contributed by atoms with Crippen molar-refractivity contribution in [2.45, 2.75) is 90.9 Å². The highest BCUT2D eigenvalue weighted by atomic mass is 16.3. The predicted octanol–water partition coefficient (Wildman–Crippen LogP) is 15.9. The first-order valence-corrected chi connectivity index (χ1v) is 20.9. The summed E-state index contributed by atoms with van der Waals surface area (Å²) in [6.45, 7) is 23.4. The molecule has 58 heavy (non-hydrogen) atoms. The van der Waals surface area contributed by atoms with Crippen LogP contribution >= 0.6 is 0 Å². The molecule has 0 spiro atoms. The van der Waals surface area contributed by atoms with Gasteiger partial charge in [-0.1, -0.05) is 166 Å². The van der Waals surface area contributed by atoms with Crippen molar-refractivity contribution in [3.8, 4) is 33.4 Å². The SMILES string of the molecule is CC(C)(C)c1cc(-c2cc(N(c3ccc4c(c3)C(C)(C)c3ccccc3-4)c3ccc4c(c3)C(C)(C)c3ccccc3-4)cc3oc4ccccc4c23)cc(C(C)(C)C)c1. The monoisotopic (exact) mass is 755 g/mol. The van der Waals surface area contributed by atoms with E-state index < -0.39 is 0 Å². The van der Waals surface area contributed by atoms with Crippen LogP contribution in [0.1, 0.15) is 103 Å². The Bertz CT molecular complexity index is 2840. The molecule has 0 amide bonds. The number of anilines is 3. The lowest BCUT2D eigenvalue weighted by Gasteiger charge is -2.30. The van der Waals surface area contributed by atoms with Crippen molar-refractivity contribution < 1.29 is 4.42 Å². The fourth-order valence-corrected chi connectivity index (χ4v) is 9.96. The van der Waals surface area contributed by atoms with E-state index in [2.05, 4.69) is 214 Å². The molecule has 2 aliphatic carbocycles. The van der Waals surface area contributed by atoms with Crippen LogP contribution in [0, 0.1) is 0 Å². The molecule has 0 aliphatic heterocycles. The average Bonchev–Trinajstić information content (AvgIpc) is 3.76. The van der Waals surface area contributed by atoms with Gasteiger partial charge in [-0.3, -0.25) is 0 Å². The van der Waals surface area contributed by atoms with Gasteiger partial charge >= 0.3 is 0 Å². The lowest BCUT2D eigenvalue weighted by atomic mass is 9.78. The summed E-state index contributed by atoms with van der Waals surface area (Å²) in [5.41, 5.74) is 20.6. The Morgan fingerprint density at radius 2 is 0.897 bits per heavy atom. The average molecular weight is 756 g/mol. The minimum absolute atomic E-state index is 0.0270. The Morgan fingerprint density at radius 3 is 1.43 bits per heavy atom. The zero-order chi connectivity index (χ0) is 40.5. The van der Waals surface area contributed by atoms with E-state index in [1.165, 1.54) is 66.8 Å². The third kappa shape index (κ3) is 5.44. The summed E-state index contributed by atoms with van der Waals surface area (Å²) in [7, 11) is 0. The van der Waals surface area contributed by atoms with E-state index in [4.69, 9.17) is 4.42 Å². The lowest BCUT2D eigenvalue weighted by Crippen LogP contribution is -2.18. The largest absolute Gasteiger partial charge is 0.456 e. The standard InChI is InChI=1S/C56H53NO/c1-53(2,3)35-27-34(28-36(29-35)54(4,5)6)45-30-39(33-51-52(45)44-19-13-16-22-50(44)58-51)57(37-23-25-42-40-17-11-14-20-46(40)55(7,8)48(42)31-37)38-24-26-43-41-18-12-15-21-47(41)56(9,10)49(43)32-38/h11-33H,1-10H3. The molecule has 0 saturated carbocycles. The van der Waals surface area contributed by atoms with E-state index in [-0.39, 0.29) is 21.7 Å². The van der Waals surface area contributed by atoms with Crippen molar-refractivity contribution in [2.24, 2.45) is 0 Å². The highest BCUT2D eigenvalue weighted by Crippen LogP contribution is 2.54. The van der Waals surface area contributed by atoms with Gasteiger partial charge in [0, 0.05) is 39.0 Å². The van der Waals surface area contributed by atoms with Crippen LogP contribution in [0.15, 0.2) is 144 Å². The molecule has 0 saturated heterocycles. The summed E-state index contributed by atoms with van der Waals surface area (Å²) >= 11 is 0. The zero-order valence-corrected chi connectivity index (χ0v) is 35.6. The number of hydrogen-bond donors (Lipinski definition) is 0. The Labute approximate surface area is 344 Å². The molecule has 0 bridgehead atoms. The Kier molecular flexibility index (Phi) is 7.75. The van der Waals surface area contributed by atoms with E-state index in [1.807, 2.05) is 0 Å². The van der Waals surface area contributed by atoms with Crippen LogP contribution in [0.2, 0.25) is 0 Å². The molecule has 1 aromatic heterocycles. The molecule has 2 nitrogen and oxygen atoms in total. The molecular weight excluding hydrogens is 703 g/mol. The van der Waals surface area contributed by atoms with E-state index in [1.54, 1.807) is 0 Å². The minimum atomic E-state index is -0.139. The van der Waals surface area contributed by atoms with Crippen LogP contribution in [-0.2, 0) is 21.7 Å². The fourth-order valence-electron chi connectivity index (χ4n) is 9.96. The number of nitrogens with zero attached hydrogens (tertiary/aromatic N) is 1. The second kappa shape index (κ2) is 12.3. The van der Waals surface area contributed by atoms with Gasteiger partial charge in [0.25, 0.3) is 0 Å². The first kappa shape index (κ1) is 36.5. The van der Waals surface area contributed by atoms with Crippen LogP contribution in [0.25, 0.3) is 55.3 Å². The second-order valence-corrected chi connectivity index (χ2v) is 19.9. The molecule has 0 radical (unpaired) electrons. The summed E-state index contributed by atoms with van der Waals surface area (Å²) in [5.74, 6) is 0. The van der Waals surface area contributed by atoms with Crippen molar-refractivity contribution in [1.29, 1.82) is 0 Å². The number of rotatable bonds is 4. The van der Waals surface area contributed by atoms with Gasteiger partial charge in [-0.25, -0.2) is 0 Å². The molecule has 288 valence electrons. The van der Waals surface area contributed by atoms with Crippen LogP contribution < -0.4 is 4.90 Å². The number of furan rings is 1. The molecular formula is C56H53NO.